The van der Waals surface area contributed by atoms with Crippen molar-refractivity contribution >= 4 is 40.4 Å². The number of fused-ring (bicyclic) bond motifs is 3. The summed E-state index contributed by atoms with van der Waals surface area (Å²) in [4.78, 5) is 11.0. The monoisotopic (exact) mass is 389 g/mol. The molecule has 2 aliphatic heterocycles. The molecule has 0 unspecified atom stereocenters. The second-order valence-electron chi connectivity index (χ2n) is 5.81. The minimum atomic E-state index is -0.411. The van der Waals surface area contributed by atoms with Crippen LogP contribution < -0.4 is 9.64 Å². The van der Waals surface area contributed by atoms with E-state index in [0.717, 1.165) is 11.5 Å². The van der Waals surface area contributed by atoms with Gasteiger partial charge in [-0.15, -0.1) is 0 Å². The molecule has 2 heterocycles. The minimum Gasteiger partial charge on any atom is -0.497 e. The summed E-state index contributed by atoms with van der Waals surface area (Å²) in [7, 11) is 1.53. The second kappa shape index (κ2) is 6.74. The summed E-state index contributed by atoms with van der Waals surface area (Å²) in [5.74, 6) is 0.890. The molecule has 0 fully saturated rings. The van der Waals surface area contributed by atoms with Gasteiger partial charge in [0, 0.05) is 23.9 Å². The quantitative estimate of drug-likeness (QED) is 0.744. The lowest BCUT2D eigenvalue weighted by Crippen LogP contribution is -2.34. The number of halogens is 3. The average Bonchev–Trinajstić information content (AvgIpc) is 2.83. The molecule has 132 valence electrons. The number of benzene rings is 2. The maximum absolute atomic E-state index is 14.7. The van der Waals surface area contributed by atoms with E-state index in [1.165, 1.54) is 13.2 Å². The molecule has 2 aromatic rings. The molecule has 2 aliphatic rings. The smallest absolute Gasteiger partial charge is 0.132 e. The molecule has 2 aromatic carbocycles. The second-order valence-corrected chi connectivity index (χ2v) is 6.59. The van der Waals surface area contributed by atoms with E-state index in [0.29, 0.717) is 45.7 Å². The summed E-state index contributed by atoms with van der Waals surface area (Å²) in [5.41, 5.74) is 2.12. The van der Waals surface area contributed by atoms with Gasteiger partial charge in [0.05, 0.1) is 35.1 Å². The molecule has 7 heteroatoms. The minimum absolute atomic E-state index is 0.305. The molecule has 4 nitrogen and oxygen atoms in total. The molecule has 0 radical (unpaired) electrons. The van der Waals surface area contributed by atoms with E-state index in [1.54, 1.807) is 24.4 Å². The number of rotatable bonds is 2. The predicted octanol–water partition coefficient (Wildman–Crippen LogP) is 4.72. The Balaban J connectivity index is 1.99. The third-order valence-corrected chi connectivity index (χ3v) is 5.14. The lowest BCUT2D eigenvalue weighted by atomic mass is 9.99. The van der Waals surface area contributed by atoms with Crippen molar-refractivity contribution in [1.82, 2.24) is 0 Å². The lowest BCUT2D eigenvalue weighted by molar-refractivity contribution is 0.413. The number of nitrogens with zero attached hydrogens (tertiary/aromatic N) is 3. The summed E-state index contributed by atoms with van der Waals surface area (Å²) in [6.45, 7) is 0.937. The van der Waals surface area contributed by atoms with Crippen LogP contribution in [0.25, 0.3) is 0 Å². The van der Waals surface area contributed by atoms with Crippen LogP contribution in [0.1, 0.15) is 11.1 Å². The van der Waals surface area contributed by atoms with Gasteiger partial charge in [-0.1, -0.05) is 23.2 Å². The number of hydrogen-bond donors (Lipinski definition) is 0. The summed E-state index contributed by atoms with van der Waals surface area (Å²) in [5, 5.41) is 0.718. The van der Waals surface area contributed by atoms with Gasteiger partial charge in [-0.25, -0.2) is 9.38 Å². The summed E-state index contributed by atoms with van der Waals surface area (Å²) >= 11 is 12.8. The Morgan fingerprint density at radius 3 is 2.85 bits per heavy atom. The van der Waals surface area contributed by atoms with Crippen LogP contribution in [0, 0.1) is 5.82 Å². The molecule has 0 aliphatic carbocycles. The van der Waals surface area contributed by atoms with Crippen LogP contribution >= 0.6 is 23.2 Å². The van der Waals surface area contributed by atoms with E-state index in [9.17, 15) is 4.39 Å². The first kappa shape index (κ1) is 17.1. The van der Waals surface area contributed by atoms with Crippen molar-refractivity contribution in [3.05, 3.63) is 69.6 Å². The molecule has 0 amide bonds. The fourth-order valence-corrected chi connectivity index (χ4v) is 3.49. The highest BCUT2D eigenvalue weighted by Gasteiger charge is 2.28. The van der Waals surface area contributed by atoms with Crippen molar-refractivity contribution in [2.24, 2.45) is 9.98 Å². The molecular formula is C19H14Cl2FN3O. The van der Waals surface area contributed by atoms with Crippen molar-refractivity contribution in [2.45, 2.75) is 0 Å². The Hall–Kier alpha value is -2.37. The molecule has 0 N–H and O–H groups in total. The van der Waals surface area contributed by atoms with Crippen LogP contribution in [0.2, 0.25) is 10.0 Å². The first-order valence-corrected chi connectivity index (χ1v) is 8.71. The predicted molar refractivity (Wildman–Crippen MR) is 104 cm³/mol. The molecular weight excluding hydrogens is 376 g/mol. The molecule has 0 spiro atoms. The molecule has 0 bridgehead atoms. The van der Waals surface area contributed by atoms with E-state index in [4.69, 9.17) is 27.9 Å². The molecule has 0 saturated carbocycles. The Morgan fingerprint density at radius 2 is 2.04 bits per heavy atom. The van der Waals surface area contributed by atoms with Crippen molar-refractivity contribution in [2.75, 3.05) is 25.1 Å². The van der Waals surface area contributed by atoms with Gasteiger partial charge < -0.3 is 9.64 Å². The number of aliphatic imine (C=N–C) groups is 2. The highest BCUT2D eigenvalue weighted by Crippen LogP contribution is 2.38. The number of hydrogen-bond acceptors (Lipinski definition) is 4. The molecule has 0 atom stereocenters. The maximum atomic E-state index is 14.7. The highest BCUT2D eigenvalue weighted by atomic mass is 35.5. The van der Waals surface area contributed by atoms with Crippen molar-refractivity contribution in [1.29, 1.82) is 0 Å². The SMILES string of the molecule is COc1ccc(F)c(C2=NCC3=NC=CCN3c3ccc(Cl)c(Cl)c32)c1. The van der Waals surface area contributed by atoms with E-state index in [2.05, 4.69) is 9.98 Å². The van der Waals surface area contributed by atoms with Crippen molar-refractivity contribution < 1.29 is 9.13 Å². The molecule has 4 rings (SSSR count). The van der Waals surface area contributed by atoms with Gasteiger partial charge in [-0.2, -0.15) is 0 Å². The average molecular weight is 390 g/mol. The topological polar surface area (TPSA) is 37.2 Å². The van der Waals surface area contributed by atoms with Crippen LogP contribution in [-0.4, -0.2) is 31.7 Å². The zero-order chi connectivity index (χ0) is 18.3. The molecule has 0 saturated heterocycles. The Labute approximate surface area is 160 Å². The fourth-order valence-electron chi connectivity index (χ4n) is 3.08. The summed E-state index contributed by atoms with van der Waals surface area (Å²) < 4.78 is 19.9. The van der Waals surface area contributed by atoms with Crippen LogP contribution in [0.3, 0.4) is 0 Å². The van der Waals surface area contributed by atoms with Crippen LogP contribution in [0.15, 0.2) is 52.6 Å². The fraction of sp³-hybridized carbons (Fsp3) is 0.158. The standard InChI is InChI=1S/C19H14Cl2FN3O/c1-26-11-3-5-14(22)12(9-11)19-17-15(6-4-13(20)18(17)21)25-8-2-7-23-16(25)10-24-19/h2-7,9H,8,10H2,1H3. The zero-order valence-electron chi connectivity index (χ0n) is 13.8. The van der Waals surface area contributed by atoms with Gasteiger partial charge >= 0.3 is 0 Å². The third-order valence-electron chi connectivity index (χ3n) is 4.34. The third kappa shape index (κ3) is 2.77. The van der Waals surface area contributed by atoms with Crippen LogP contribution in [0.4, 0.5) is 10.1 Å². The lowest BCUT2D eigenvalue weighted by Gasteiger charge is -2.27. The van der Waals surface area contributed by atoms with Gasteiger partial charge in [0.15, 0.2) is 0 Å². The normalized spacial score (nSPS) is 15.6. The van der Waals surface area contributed by atoms with Gasteiger partial charge in [-0.3, -0.25) is 4.99 Å². The largest absolute Gasteiger partial charge is 0.497 e. The van der Waals surface area contributed by atoms with E-state index in [1.807, 2.05) is 17.0 Å². The number of ether oxygens (including phenoxy) is 1. The van der Waals surface area contributed by atoms with Crippen LogP contribution in [0.5, 0.6) is 5.75 Å². The van der Waals surface area contributed by atoms with Gasteiger partial charge in [0.1, 0.15) is 17.4 Å². The van der Waals surface area contributed by atoms with Crippen molar-refractivity contribution in [3.8, 4) is 5.75 Å². The van der Waals surface area contributed by atoms with Gasteiger partial charge in [0.2, 0.25) is 0 Å². The highest BCUT2D eigenvalue weighted by molar-refractivity contribution is 6.45. The first-order valence-electron chi connectivity index (χ1n) is 7.96. The Morgan fingerprint density at radius 1 is 1.19 bits per heavy atom. The van der Waals surface area contributed by atoms with E-state index >= 15 is 0 Å². The Kier molecular flexibility index (Phi) is 4.42. The summed E-state index contributed by atoms with van der Waals surface area (Å²) in [6, 6.07) is 8.11. The maximum Gasteiger partial charge on any atom is 0.132 e. The zero-order valence-corrected chi connectivity index (χ0v) is 15.4. The first-order chi connectivity index (χ1) is 12.6. The summed E-state index contributed by atoms with van der Waals surface area (Å²) in [6.07, 6.45) is 3.68. The van der Waals surface area contributed by atoms with Crippen molar-refractivity contribution in [3.63, 3.8) is 0 Å². The van der Waals surface area contributed by atoms with Crippen LogP contribution in [-0.2, 0) is 0 Å². The van der Waals surface area contributed by atoms with E-state index in [-0.39, 0.29) is 0 Å². The Bertz CT molecular complexity index is 985. The van der Waals surface area contributed by atoms with Gasteiger partial charge in [0.25, 0.3) is 0 Å². The van der Waals surface area contributed by atoms with Gasteiger partial charge in [-0.05, 0) is 36.4 Å². The number of anilines is 1. The molecule has 26 heavy (non-hydrogen) atoms. The number of amidine groups is 1. The molecule has 0 aromatic heterocycles. The number of methoxy groups -OCH3 is 1. The van der Waals surface area contributed by atoms with E-state index < -0.39 is 5.82 Å².